The second kappa shape index (κ2) is 7.89. The van der Waals surface area contributed by atoms with Crippen LogP contribution in [0.15, 0.2) is 42.7 Å². The zero-order valence-electron chi connectivity index (χ0n) is 17.4. The molecule has 4 atom stereocenters. The summed E-state index contributed by atoms with van der Waals surface area (Å²) in [4.78, 5) is 28.2. The zero-order valence-corrected chi connectivity index (χ0v) is 17.4. The van der Waals surface area contributed by atoms with Crippen LogP contribution in [-0.2, 0) is 19.7 Å². The lowest BCUT2D eigenvalue weighted by molar-refractivity contribution is -0.122. The predicted molar refractivity (Wildman–Crippen MR) is 112 cm³/mol. The molecule has 1 amide bonds. The first-order chi connectivity index (χ1) is 14.5. The molecular weight excluding hydrogens is 384 g/mol. The maximum absolute atomic E-state index is 13.4. The number of Topliss-reactive ketones (excluding diaryl/α,β-unsaturated/α-hetero) is 1. The fourth-order valence-electron chi connectivity index (χ4n) is 5.68. The number of ketones is 1. The summed E-state index contributed by atoms with van der Waals surface area (Å²) < 4.78 is 10.8. The monoisotopic (exact) mass is 412 g/mol. The van der Waals surface area contributed by atoms with Crippen LogP contribution in [0.4, 0.5) is 5.69 Å². The third-order valence-corrected chi connectivity index (χ3v) is 7.00. The Morgan fingerprint density at radius 3 is 2.90 bits per heavy atom. The number of fused-ring (bicyclic) bond motifs is 4. The van der Waals surface area contributed by atoms with Gasteiger partial charge in [-0.2, -0.15) is 0 Å². The van der Waals surface area contributed by atoms with Gasteiger partial charge in [-0.1, -0.05) is 12.1 Å². The Morgan fingerprint density at radius 1 is 1.43 bits per heavy atom. The number of ether oxygens (including phenoxy) is 2. The van der Waals surface area contributed by atoms with E-state index in [0.29, 0.717) is 30.7 Å². The molecule has 7 heteroatoms. The molecule has 4 unspecified atom stereocenters. The van der Waals surface area contributed by atoms with E-state index in [-0.39, 0.29) is 29.6 Å². The maximum atomic E-state index is 13.4. The Hall–Kier alpha value is -2.64. The highest BCUT2D eigenvalue weighted by Gasteiger charge is 2.61. The van der Waals surface area contributed by atoms with Crippen molar-refractivity contribution < 1.29 is 24.2 Å². The normalized spacial score (nSPS) is 30.6. The molecule has 7 nitrogen and oxygen atoms in total. The molecule has 0 aliphatic carbocycles. The fourth-order valence-corrected chi connectivity index (χ4v) is 5.68. The molecular formula is C23H28N2O5. The number of rotatable bonds is 6. The van der Waals surface area contributed by atoms with Crippen molar-refractivity contribution in [2.45, 2.75) is 24.3 Å². The van der Waals surface area contributed by atoms with E-state index >= 15 is 0 Å². The summed E-state index contributed by atoms with van der Waals surface area (Å²) in [6.07, 6.45) is 4.57. The van der Waals surface area contributed by atoms with Crippen molar-refractivity contribution in [1.29, 1.82) is 0 Å². The van der Waals surface area contributed by atoms with E-state index < -0.39 is 12.0 Å². The van der Waals surface area contributed by atoms with Crippen molar-refractivity contribution >= 4 is 17.4 Å². The quantitative estimate of drug-likeness (QED) is 0.421. The first-order valence-corrected chi connectivity index (χ1v) is 10.2. The highest BCUT2D eigenvalue weighted by atomic mass is 16.5. The molecule has 160 valence electrons. The molecule has 1 spiro atoms. The molecule has 3 heterocycles. The Morgan fingerprint density at radius 2 is 2.23 bits per heavy atom. The van der Waals surface area contributed by atoms with Gasteiger partial charge in [0, 0.05) is 29.4 Å². The molecule has 2 fully saturated rings. The number of carbonyl (C=O) groups is 2. The zero-order chi connectivity index (χ0) is 21.5. The largest absolute Gasteiger partial charge is 0.504 e. The van der Waals surface area contributed by atoms with Crippen LogP contribution in [0.3, 0.4) is 0 Å². The van der Waals surface area contributed by atoms with Gasteiger partial charge in [-0.25, -0.2) is 0 Å². The first-order valence-electron chi connectivity index (χ1n) is 10.2. The van der Waals surface area contributed by atoms with E-state index in [2.05, 4.69) is 16.8 Å². The standard InChI is InChI=1S/C23H28N2O5/c1-4-14-11-25-9-8-23(20(25)10-15(14)16(13-29-2)18(27)12-26)21-17(24-22(23)28)6-5-7-19(21)30-3/h4-7,13-15,20,26H,1,8-12H2,2-3H3,(H,24,28). The molecule has 0 aromatic heterocycles. The van der Waals surface area contributed by atoms with Gasteiger partial charge in [-0.3, -0.25) is 14.5 Å². The number of aliphatic hydroxyl groups excluding tert-OH is 1. The first kappa shape index (κ1) is 20.6. The summed E-state index contributed by atoms with van der Waals surface area (Å²) in [6, 6.07) is 5.58. The predicted octanol–water partition coefficient (Wildman–Crippen LogP) is 1.87. The van der Waals surface area contributed by atoms with E-state index in [1.165, 1.54) is 13.4 Å². The number of hydrogen-bond acceptors (Lipinski definition) is 6. The number of anilines is 1. The summed E-state index contributed by atoms with van der Waals surface area (Å²) in [5.41, 5.74) is 1.42. The Labute approximate surface area is 176 Å². The Kier molecular flexibility index (Phi) is 5.42. The SMILES string of the molecule is C=CC1CN2CCC3(C(=O)Nc4cccc(OC)c43)C2CC1C(=COC)C(=O)CO. The van der Waals surface area contributed by atoms with Gasteiger partial charge in [0.25, 0.3) is 0 Å². The number of benzene rings is 1. The van der Waals surface area contributed by atoms with Crippen molar-refractivity contribution in [2.24, 2.45) is 11.8 Å². The molecule has 3 aliphatic heterocycles. The molecule has 1 aromatic rings. The minimum Gasteiger partial charge on any atom is -0.504 e. The van der Waals surface area contributed by atoms with Gasteiger partial charge in [0.2, 0.25) is 5.91 Å². The lowest BCUT2D eigenvalue weighted by Gasteiger charge is -2.44. The molecule has 0 saturated carbocycles. The van der Waals surface area contributed by atoms with Crippen molar-refractivity contribution in [3.8, 4) is 5.75 Å². The minimum atomic E-state index is -0.729. The second-order valence-corrected chi connectivity index (χ2v) is 8.20. The van der Waals surface area contributed by atoms with Crippen molar-refractivity contribution in [3.63, 3.8) is 0 Å². The molecule has 30 heavy (non-hydrogen) atoms. The summed E-state index contributed by atoms with van der Waals surface area (Å²) in [7, 11) is 3.11. The highest BCUT2D eigenvalue weighted by molar-refractivity contribution is 6.08. The van der Waals surface area contributed by atoms with E-state index in [0.717, 1.165) is 17.8 Å². The number of piperidine rings is 1. The third kappa shape index (κ3) is 2.87. The lowest BCUT2D eigenvalue weighted by atomic mass is 9.67. The molecule has 4 rings (SSSR count). The molecule has 2 N–H and O–H groups in total. The minimum absolute atomic E-state index is 0.0175. The van der Waals surface area contributed by atoms with Crippen LogP contribution in [0.5, 0.6) is 5.75 Å². The average molecular weight is 412 g/mol. The van der Waals surface area contributed by atoms with E-state index in [4.69, 9.17) is 9.47 Å². The average Bonchev–Trinajstić information content (AvgIpc) is 3.28. The molecule has 3 aliphatic rings. The van der Waals surface area contributed by atoms with Crippen LogP contribution in [0.25, 0.3) is 0 Å². The van der Waals surface area contributed by atoms with Crippen LogP contribution in [-0.4, -0.2) is 61.7 Å². The second-order valence-electron chi connectivity index (χ2n) is 8.20. The molecule has 1 aromatic carbocycles. The van der Waals surface area contributed by atoms with Crippen LogP contribution < -0.4 is 10.1 Å². The van der Waals surface area contributed by atoms with Gasteiger partial charge in [0.1, 0.15) is 12.4 Å². The third-order valence-electron chi connectivity index (χ3n) is 7.00. The van der Waals surface area contributed by atoms with Gasteiger partial charge in [0.05, 0.1) is 25.9 Å². The van der Waals surface area contributed by atoms with Crippen molar-refractivity contribution in [2.75, 3.05) is 39.2 Å². The number of aliphatic hydroxyl groups is 1. The van der Waals surface area contributed by atoms with Crippen LogP contribution in [0.2, 0.25) is 0 Å². The van der Waals surface area contributed by atoms with Crippen molar-refractivity contribution in [1.82, 2.24) is 4.90 Å². The molecule has 0 radical (unpaired) electrons. The number of amides is 1. The summed E-state index contributed by atoms with van der Waals surface area (Å²) >= 11 is 0. The van der Waals surface area contributed by atoms with Crippen molar-refractivity contribution in [3.05, 3.63) is 48.3 Å². The van der Waals surface area contributed by atoms with Gasteiger partial charge in [0.15, 0.2) is 5.78 Å². The maximum Gasteiger partial charge on any atom is 0.236 e. The lowest BCUT2D eigenvalue weighted by Crippen LogP contribution is -2.53. The number of carbonyl (C=O) groups excluding carboxylic acids is 2. The highest BCUT2D eigenvalue weighted by Crippen LogP contribution is 2.55. The number of hydrogen-bond donors (Lipinski definition) is 2. The van der Waals surface area contributed by atoms with Gasteiger partial charge in [-0.05, 0) is 43.4 Å². The van der Waals surface area contributed by atoms with Gasteiger partial charge < -0.3 is 19.9 Å². The summed E-state index contributed by atoms with van der Waals surface area (Å²) in [5, 5.41) is 12.5. The smallest absolute Gasteiger partial charge is 0.236 e. The Bertz CT molecular complexity index is 911. The molecule has 0 bridgehead atoms. The van der Waals surface area contributed by atoms with Gasteiger partial charge in [-0.15, -0.1) is 6.58 Å². The van der Waals surface area contributed by atoms with Crippen LogP contribution >= 0.6 is 0 Å². The topological polar surface area (TPSA) is 88.1 Å². The van der Waals surface area contributed by atoms with E-state index in [1.807, 2.05) is 24.3 Å². The number of nitrogens with zero attached hydrogens (tertiary/aromatic N) is 1. The van der Waals surface area contributed by atoms with Gasteiger partial charge >= 0.3 is 0 Å². The number of nitrogens with one attached hydrogen (secondary N) is 1. The summed E-state index contributed by atoms with van der Waals surface area (Å²) in [5.74, 6) is 0.160. The number of methoxy groups -OCH3 is 2. The fraction of sp³-hybridized carbons (Fsp3) is 0.478. The van der Waals surface area contributed by atoms with Crippen LogP contribution in [0, 0.1) is 11.8 Å². The van der Waals surface area contributed by atoms with E-state index in [9.17, 15) is 14.7 Å². The van der Waals surface area contributed by atoms with E-state index in [1.54, 1.807) is 7.11 Å². The molecule has 2 saturated heterocycles. The summed E-state index contributed by atoms with van der Waals surface area (Å²) in [6.45, 7) is 4.87. The van der Waals surface area contributed by atoms with Crippen LogP contribution in [0.1, 0.15) is 18.4 Å². The Balaban J connectivity index is 1.79.